The summed E-state index contributed by atoms with van der Waals surface area (Å²) in [5.41, 5.74) is 3.37. The summed E-state index contributed by atoms with van der Waals surface area (Å²) in [6.07, 6.45) is 16.4. The van der Waals surface area contributed by atoms with Crippen LogP contribution in [0.3, 0.4) is 0 Å². The zero-order valence-corrected chi connectivity index (χ0v) is 21.8. The van der Waals surface area contributed by atoms with Crippen LogP contribution in [-0.2, 0) is 4.43 Å². The zero-order valence-electron chi connectivity index (χ0n) is 19.8. The molecule has 0 heterocycles. The van der Waals surface area contributed by atoms with Crippen molar-refractivity contribution in [2.24, 2.45) is 0 Å². The van der Waals surface area contributed by atoms with Gasteiger partial charge in [-0.15, -0.1) is 11.5 Å². The number of allylic oxidation sites excluding steroid dienone is 4. The zero-order chi connectivity index (χ0) is 21.7. The van der Waals surface area contributed by atoms with Gasteiger partial charge in [0, 0.05) is 12.8 Å². The molecular formula is C25H42OSi2. The van der Waals surface area contributed by atoms with E-state index in [1.807, 2.05) is 6.08 Å². The van der Waals surface area contributed by atoms with Crippen molar-refractivity contribution in [2.45, 2.75) is 97.3 Å². The number of rotatable bonds is 8. The fourth-order valence-electron chi connectivity index (χ4n) is 1.99. The van der Waals surface area contributed by atoms with Crippen LogP contribution in [0, 0.1) is 23.3 Å². The highest BCUT2D eigenvalue weighted by atomic mass is 28.4. The molecule has 0 saturated carbocycles. The molecule has 156 valence electrons. The van der Waals surface area contributed by atoms with Crippen LogP contribution < -0.4 is 0 Å². The van der Waals surface area contributed by atoms with E-state index >= 15 is 0 Å². The topological polar surface area (TPSA) is 9.23 Å². The maximum atomic E-state index is 6.56. The average Bonchev–Trinajstić information content (AvgIpc) is 2.54. The maximum absolute atomic E-state index is 6.56. The molecule has 3 heteroatoms. The largest absolute Gasteiger partial charge is 0.410 e. The quantitative estimate of drug-likeness (QED) is 0.227. The molecule has 0 saturated heterocycles. The van der Waals surface area contributed by atoms with E-state index in [9.17, 15) is 0 Å². The summed E-state index contributed by atoms with van der Waals surface area (Å²) >= 11 is 0. The van der Waals surface area contributed by atoms with Gasteiger partial charge in [-0.25, -0.2) is 0 Å². The normalized spacial score (nSPS) is 14.2. The van der Waals surface area contributed by atoms with E-state index in [4.69, 9.17) is 4.43 Å². The molecule has 0 bridgehead atoms. The van der Waals surface area contributed by atoms with Gasteiger partial charge < -0.3 is 4.43 Å². The van der Waals surface area contributed by atoms with E-state index < -0.39 is 16.4 Å². The predicted molar refractivity (Wildman–Crippen MR) is 133 cm³/mol. The summed E-state index contributed by atoms with van der Waals surface area (Å²) in [4.78, 5) is 0. The molecule has 0 spiro atoms. The van der Waals surface area contributed by atoms with Crippen LogP contribution in [0.25, 0.3) is 0 Å². The molecule has 1 nitrogen and oxygen atoms in total. The van der Waals surface area contributed by atoms with Gasteiger partial charge in [0.25, 0.3) is 0 Å². The Kier molecular flexibility index (Phi) is 12.5. The van der Waals surface area contributed by atoms with Crippen molar-refractivity contribution in [1.82, 2.24) is 0 Å². The summed E-state index contributed by atoms with van der Waals surface area (Å²) in [5.74, 6) is 9.57. The first kappa shape index (κ1) is 26.7. The molecule has 0 aliphatic heterocycles. The minimum atomic E-state index is -1.79. The van der Waals surface area contributed by atoms with Crippen LogP contribution in [0.5, 0.6) is 0 Å². The fraction of sp³-hybridized carbons (Fsp3) is 0.600. The third-order valence-corrected chi connectivity index (χ3v) is 10.0. The van der Waals surface area contributed by atoms with Crippen molar-refractivity contribution >= 4 is 16.4 Å². The second-order valence-electron chi connectivity index (χ2n) is 9.64. The van der Waals surface area contributed by atoms with Gasteiger partial charge in [0.05, 0.1) is 6.10 Å². The first-order chi connectivity index (χ1) is 12.9. The third-order valence-electron chi connectivity index (χ3n) is 4.59. The lowest BCUT2D eigenvalue weighted by atomic mass is 10.2. The van der Waals surface area contributed by atoms with Gasteiger partial charge in [-0.05, 0) is 43.1 Å². The van der Waals surface area contributed by atoms with Crippen LogP contribution in [-0.4, -0.2) is 22.5 Å². The molecular weight excluding hydrogens is 372 g/mol. The van der Waals surface area contributed by atoms with Crippen LogP contribution >= 0.6 is 0 Å². The summed E-state index contributed by atoms with van der Waals surface area (Å²) < 4.78 is 6.56. The molecule has 0 aromatic heterocycles. The molecule has 0 rings (SSSR count). The Morgan fingerprint density at radius 1 is 0.893 bits per heavy atom. The summed E-state index contributed by atoms with van der Waals surface area (Å²) in [5, 5.41) is 0.211. The smallest absolute Gasteiger partial charge is 0.192 e. The van der Waals surface area contributed by atoms with Crippen molar-refractivity contribution in [3.05, 3.63) is 36.5 Å². The molecule has 0 unspecified atom stereocenters. The van der Waals surface area contributed by atoms with Crippen molar-refractivity contribution in [1.29, 1.82) is 0 Å². The van der Waals surface area contributed by atoms with Gasteiger partial charge in [0.1, 0.15) is 8.07 Å². The first-order valence-corrected chi connectivity index (χ1v) is 16.9. The predicted octanol–water partition coefficient (Wildman–Crippen LogP) is 7.51. The minimum absolute atomic E-state index is 0.102. The van der Waals surface area contributed by atoms with Gasteiger partial charge in [-0.1, -0.05) is 83.5 Å². The Balaban J connectivity index is 4.71. The van der Waals surface area contributed by atoms with E-state index in [0.29, 0.717) is 0 Å². The van der Waals surface area contributed by atoms with Crippen molar-refractivity contribution in [3.63, 3.8) is 0 Å². The average molecular weight is 415 g/mol. The van der Waals surface area contributed by atoms with Gasteiger partial charge in [0.2, 0.25) is 0 Å². The van der Waals surface area contributed by atoms with Gasteiger partial charge in [0.15, 0.2) is 8.32 Å². The van der Waals surface area contributed by atoms with Gasteiger partial charge in [-0.3, -0.25) is 0 Å². The molecule has 0 aromatic rings. The van der Waals surface area contributed by atoms with E-state index in [1.54, 1.807) is 0 Å². The Hall–Kier alpha value is -1.27. The first-order valence-electron chi connectivity index (χ1n) is 10.5. The molecule has 1 atom stereocenters. The molecule has 0 fully saturated rings. The summed E-state index contributed by atoms with van der Waals surface area (Å²) in [6.45, 7) is 20.4. The Bertz CT molecular complexity index is 647. The second-order valence-corrected chi connectivity index (χ2v) is 19.1. The van der Waals surface area contributed by atoms with Gasteiger partial charge >= 0.3 is 0 Å². The molecule has 0 aliphatic carbocycles. The lowest BCUT2D eigenvalue weighted by Gasteiger charge is -2.38. The van der Waals surface area contributed by atoms with E-state index in [0.717, 1.165) is 25.7 Å². The molecule has 0 radical (unpaired) electrons. The Labute approximate surface area is 177 Å². The summed E-state index contributed by atoms with van der Waals surface area (Å²) in [6, 6.07) is 0. The summed E-state index contributed by atoms with van der Waals surface area (Å²) in [7, 11) is -3.03. The molecule has 28 heavy (non-hydrogen) atoms. The Morgan fingerprint density at radius 3 is 2.04 bits per heavy atom. The molecule has 0 amide bonds. The van der Waals surface area contributed by atoms with Crippen molar-refractivity contribution in [3.8, 4) is 23.3 Å². The van der Waals surface area contributed by atoms with Crippen LogP contribution in [0.2, 0.25) is 37.8 Å². The number of hydrogen-bond donors (Lipinski definition) is 0. The maximum Gasteiger partial charge on any atom is 0.192 e. The minimum Gasteiger partial charge on any atom is -0.410 e. The standard InChI is InChI=1S/C25H42OSi2/c1-10-11-18-21-24(26-28(8,9)25(2,3)4)22-19-16-14-12-13-15-17-20-23-27(5,6)7/h11,13,15,18-19,22,24H,10,12,17,21H2,1-9H3/b15-13-,18-11-,22-19+/t24-/m0/s1. The monoisotopic (exact) mass is 414 g/mol. The van der Waals surface area contributed by atoms with Crippen molar-refractivity contribution in [2.75, 3.05) is 0 Å². The highest BCUT2D eigenvalue weighted by molar-refractivity contribution is 6.83. The SMILES string of the molecule is CC/C=C\C[C@@H](/C=C/C#CC/C=C\CC#C[Si](C)(C)C)O[Si](C)(C)C(C)(C)C. The Morgan fingerprint density at radius 2 is 1.50 bits per heavy atom. The van der Waals surface area contributed by atoms with E-state index in [1.165, 1.54) is 0 Å². The molecule has 0 aromatic carbocycles. The third kappa shape index (κ3) is 13.8. The lowest BCUT2D eigenvalue weighted by Crippen LogP contribution is -2.43. The highest BCUT2D eigenvalue weighted by Crippen LogP contribution is 2.37. The van der Waals surface area contributed by atoms with Crippen molar-refractivity contribution < 1.29 is 4.43 Å². The molecule has 0 N–H and O–H groups in total. The second kappa shape index (κ2) is 13.0. The highest BCUT2D eigenvalue weighted by Gasteiger charge is 2.38. The van der Waals surface area contributed by atoms with Crippen LogP contribution in [0.1, 0.15) is 53.4 Å². The number of hydrogen-bond acceptors (Lipinski definition) is 1. The molecule has 0 aliphatic rings. The fourth-order valence-corrected chi connectivity index (χ4v) is 3.91. The van der Waals surface area contributed by atoms with E-state index in [-0.39, 0.29) is 11.1 Å². The van der Waals surface area contributed by atoms with E-state index in [2.05, 4.69) is 114 Å². The van der Waals surface area contributed by atoms with Crippen LogP contribution in [0.15, 0.2) is 36.5 Å². The van der Waals surface area contributed by atoms with Gasteiger partial charge in [-0.2, -0.15) is 0 Å². The van der Waals surface area contributed by atoms with Crippen LogP contribution in [0.4, 0.5) is 0 Å². The lowest BCUT2D eigenvalue weighted by molar-refractivity contribution is 0.228.